The summed E-state index contributed by atoms with van der Waals surface area (Å²) >= 11 is 0. The summed E-state index contributed by atoms with van der Waals surface area (Å²) in [5, 5.41) is 16.2. The van der Waals surface area contributed by atoms with E-state index in [-0.39, 0.29) is 24.3 Å². The average molecular weight is 608 g/mol. The Morgan fingerprint density at radius 1 is 1.00 bits per heavy atom. The van der Waals surface area contributed by atoms with Crippen molar-refractivity contribution in [3.63, 3.8) is 0 Å². The van der Waals surface area contributed by atoms with Gasteiger partial charge in [-0.2, -0.15) is 4.80 Å². The lowest BCUT2D eigenvalue weighted by atomic mass is 10.0. The van der Waals surface area contributed by atoms with Crippen molar-refractivity contribution in [1.29, 1.82) is 0 Å². The molecule has 3 fully saturated rings. The minimum absolute atomic E-state index is 0.153. The number of pyridine rings is 1. The predicted molar refractivity (Wildman–Crippen MR) is 161 cm³/mol. The lowest BCUT2D eigenvalue weighted by Crippen LogP contribution is -2.50. The number of nitrogens with one attached hydrogen (secondary N) is 1. The molecule has 2 amide bonds. The summed E-state index contributed by atoms with van der Waals surface area (Å²) in [5.41, 5.74) is 3.59. The first kappa shape index (κ1) is 27.5. The van der Waals surface area contributed by atoms with Crippen molar-refractivity contribution in [2.75, 3.05) is 31.5 Å². The number of tetrazole rings is 1. The number of piperazine rings is 1. The Morgan fingerprint density at radius 2 is 1.80 bits per heavy atom. The Balaban J connectivity index is 0.961. The molecular formula is C32H30FN9O3. The summed E-state index contributed by atoms with van der Waals surface area (Å²) in [5.74, 6) is -0.0829. The van der Waals surface area contributed by atoms with E-state index in [4.69, 9.17) is 9.52 Å². The number of alkyl halides is 1. The molecule has 8 rings (SSSR count). The van der Waals surface area contributed by atoms with E-state index in [9.17, 15) is 14.0 Å². The van der Waals surface area contributed by atoms with Crippen LogP contribution in [0, 0.1) is 5.92 Å². The third kappa shape index (κ3) is 5.55. The predicted octanol–water partition coefficient (Wildman–Crippen LogP) is 4.06. The molecule has 2 saturated carbocycles. The quantitative estimate of drug-likeness (QED) is 0.277. The van der Waals surface area contributed by atoms with E-state index in [2.05, 4.69) is 42.6 Å². The van der Waals surface area contributed by atoms with Gasteiger partial charge in [-0.05, 0) is 60.4 Å². The molecule has 228 valence electrons. The molecule has 1 aliphatic heterocycles. The first-order chi connectivity index (χ1) is 22.0. The van der Waals surface area contributed by atoms with Crippen LogP contribution in [0.3, 0.4) is 0 Å². The second-order valence-electron chi connectivity index (χ2n) is 11.8. The van der Waals surface area contributed by atoms with Gasteiger partial charge in [0.15, 0.2) is 11.4 Å². The number of hydrogen-bond acceptors (Lipinski definition) is 9. The molecule has 3 atom stereocenters. The number of hydrogen-bond donors (Lipinski definition) is 1. The summed E-state index contributed by atoms with van der Waals surface area (Å²) in [6, 6.07) is 18.9. The van der Waals surface area contributed by atoms with Crippen LogP contribution >= 0.6 is 0 Å². The molecule has 0 bridgehead atoms. The molecule has 5 aromatic rings. The van der Waals surface area contributed by atoms with E-state index in [0.29, 0.717) is 72.0 Å². The fourth-order valence-electron chi connectivity index (χ4n) is 5.79. The van der Waals surface area contributed by atoms with E-state index in [0.717, 1.165) is 18.4 Å². The maximum atomic E-state index is 13.6. The van der Waals surface area contributed by atoms with Gasteiger partial charge in [-0.25, -0.2) is 9.37 Å². The van der Waals surface area contributed by atoms with Crippen molar-refractivity contribution >= 4 is 28.6 Å². The van der Waals surface area contributed by atoms with Gasteiger partial charge in [-0.3, -0.25) is 19.5 Å². The van der Waals surface area contributed by atoms with Gasteiger partial charge in [0.05, 0.1) is 18.0 Å². The number of amides is 2. The summed E-state index contributed by atoms with van der Waals surface area (Å²) < 4.78 is 19.2. The van der Waals surface area contributed by atoms with Crippen LogP contribution in [0.5, 0.6) is 0 Å². The van der Waals surface area contributed by atoms with Gasteiger partial charge < -0.3 is 14.6 Å². The standard InChI is InChI=1S/C32H30FN9O3/c33-24-18-23(24)30(43)35-21-6-9-27-25(17-21)36-31(45-27)20-10-11-34-26(16-20)32(44)41-14-12-40(13-15-41)28(19-4-2-1-3-5-19)29-37-39-42(38-29)22-7-8-22/h1-6,9-11,16-17,22-24,28H,7-8,12-15,18H2,(H,35,43)/t23-,24+,28?/m1/s1. The number of rotatable bonds is 8. The number of aromatic nitrogens is 6. The first-order valence-electron chi connectivity index (χ1n) is 15.2. The lowest BCUT2D eigenvalue weighted by molar-refractivity contribution is -0.117. The van der Waals surface area contributed by atoms with Crippen LogP contribution in [-0.2, 0) is 4.79 Å². The Labute approximate surface area is 257 Å². The van der Waals surface area contributed by atoms with Gasteiger partial charge in [-0.1, -0.05) is 30.3 Å². The second-order valence-corrected chi connectivity index (χ2v) is 11.8. The van der Waals surface area contributed by atoms with E-state index in [1.807, 2.05) is 23.1 Å². The lowest BCUT2D eigenvalue weighted by Gasteiger charge is -2.38. The molecule has 3 aliphatic rings. The highest BCUT2D eigenvalue weighted by molar-refractivity contribution is 5.96. The largest absolute Gasteiger partial charge is 0.436 e. The Morgan fingerprint density at radius 3 is 2.56 bits per heavy atom. The summed E-state index contributed by atoms with van der Waals surface area (Å²) in [4.78, 5) is 40.5. The van der Waals surface area contributed by atoms with Crippen molar-refractivity contribution in [3.8, 4) is 11.5 Å². The van der Waals surface area contributed by atoms with Crippen molar-refractivity contribution in [1.82, 2.24) is 40.0 Å². The molecule has 1 unspecified atom stereocenters. The average Bonchev–Trinajstić information content (AvgIpc) is 3.96. The first-order valence-corrected chi connectivity index (χ1v) is 15.2. The second kappa shape index (κ2) is 11.1. The van der Waals surface area contributed by atoms with Crippen LogP contribution in [0.2, 0.25) is 0 Å². The molecule has 12 nitrogen and oxygen atoms in total. The molecule has 4 heterocycles. The zero-order valence-corrected chi connectivity index (χ0v) is 24.3. The molecule has 1 N–H and O–H groups in total. The van der Waals surface area contributed by atoms with Crippen LogP contribution in [0.1, 0.15) is 53.2 Å². The number of oxazole rings is 1. The maximum Gasteiger partial charge on any atom is 0.272 e. The fourth-order valence-corrected chi connectivity index (χ4v) is 5.79. The number of benzene rings is 2. The van der Waals surface area contributed by atoms with Crippen molar-refractivity contribution in [2.45, 2.75) is 37.5 Å². The maximum absolute atomic E-state index is 13.6. The Kier molecular flexibility index (Phi) is 6.81. The fraction of sp³-hybridized carbons (Fsp3) is 0.344. The molecular weight excluding hydrogens is 577 g/mol. The van der Waals surface area contributed by atoms with Crippen LogP contribution in [-0.4, -0.2) is 84.1 Å². The van der Waals surface area contributed by atoms with Crippen LogP contribution in [0.15, 0.2) is 71.3 Å². The molecule has 45 heavy (non-hydrogen) atoms. The van der Waals surface area contributed by atoms with E-state index in [1.165, 1.54) is 0 Å². The smallest absolute Gasteiger partial charge is 0.272 e. The molecule has 13 heteroatoms. The highest BCUT2D eigenvalue weighted by atomic mass is 19.1. The highest BCUT2D eigenvalue weighted by Gasteiger charge is 2.43. The summed E-state index contributed by atoms with van der Waals surface area (Å²) in [6.07, 6.45) is 2.93. The normalized spacial score (nSPS) is 20.7. The highest BCUT2D eigenvalue weighted by Crippen LogP contribution is 2.36. The summed E-state index contributed by atoms with van der Waals surface area (Å²) in [6.45, 7) is 2.32. The van der Waals surface area contributed by atoms with Gasteiger partial charge in [0.25, 0.3) is 5.91 Å². The third-order valence-corrected chi connectivity index (χ3v) is 8.57. The number of fused-ring (bicyclic) bond motifs is 1. The number of halogens is 1. The van der Waals surface area contributed by atoms with Crippen molar-refractivity contribution < 1.29 is 18.4 Å². The van der Waals surface area contributed by atoms with E-state index in [1.54, 1.807) is 41.3 Å². The molecule has 0 spiro atoms. The van der Waals surface area contributed by atoms with Gasteiger partial charge in [0, 0.05) is 43.6 Å². The molecule has 3 aromatic heterocycles. The van der Waals surface area contributed by atoms with Gasteiger partial charge in [0.1, 0.15) is 17.4 Å². The van der Waals surface area contributed by atoms with Crippen LogP contribution < -0.4 is 5.32 Å². The minimum Gasteiger partial charge on any atom is -0.436 e. The Hall–Kier alpha value is -5.04. The van der Waals surface area contributed by atoms with Gasteiger partial charge in [0.2, 0.25) is 11.8 Å². The number of anilines is 1. The van der Waals surface area contributed by atoms with Gasteiger partial charge in [-0.15, -0.1) is 10.2 Å². The number of carbonyl (C=O) groups is 2. The zero-order valence-electron chi connectivity index (χ0n) is 24.3. The SMILES string of the molecule is O=C(Nc1ccc2oc(-c3ccnc(C(=O)N4CCN(C(c5ccccc5)c5nnn(C6CC6)n5)CC4)c3)nc2c1)[C@@H]1C[C@@H]1F. The minimum atomic E-state index is -1.07. The van der Waals surface area contributed by atoms with Gasteiger partial charge >= 0.3 is 0 Å². The van der Waals surface area contributed by atoms with Crippen molar-refractivity contribution in [2.24, 2.45) is 5.92 Å². The van der Waals surface area contributed by atoms with E-state index < -0.39 is 12.1 Å². The summed E-state index contributed by atoms with van der Waals surface area (Å²) in [7, 11) is 0. The number of nitrogens with zero attached hydrogens (tertiary/aromatic N) is 8. The number of carbonyl (C=O) groups excluding carboxylic acids is 2. The van der Waals surface area contributed by atoms with Crippen molar-refractivity contribution in [3.05, 3.63) is 83.9 Å². The third-order valence-electron chi connectivity index (χ3n) is 8.57. The van der Waals surface area contributed by atoms with Crippen LogP contribution in [0.4, 0.5) is 10.1 Å². The Bertz CT molecular complexity index is 1880. The molecule has 1 saturated heterocycles. The van der Waals surface area contributed by atoms with E-state index >= 15 is 0 Å². The topological polar surface area (TPSA) is 135 Å². The molecule has 2 aromatic carbocycles. The van der Waals surface area contributed by atoms with Crippen LogP contribution in [0.25, 0.3) is 22.6 Å². The monoisotopic (exact) mass is 607 g/mol. The zero-order chi connectivity index (χ0) is 30.5. The molecule has 2 aliphatic carbocycles. The molecule has 0 radical (unpaired) electrons.